The summed E-state index contributed by atoms with van der Waals surface area (Å²) in [6.07, 6.45) is 3.32. The van der Waals surface area contributed by atoms with E-state index in [0.29, 0.717) is 0 Å². The summed E-state index contributed by atoms with van der Waals surface area (Å²) in [6.45, 7) is 8.12. The molecular formula is C8H16N2. The van der Waals surface area contributed by atoms with Gasteiger partial charge in [0.05, 0.1) is 0 Å². The average Bonchev–Trinajstić information content (AvgIpc) is 2.40. The first-order chi connectivity index (χ1) is 4.83. The van der Waals surface area contributed by atoms with Crippen LogP contribution in [0.2, 0.25) is 0 Å². The highest BCUT2D eigenvalue weighted by Gasteiger charge is 2.15. The zero-order valence-corrected chi connectivity index (χ0v) is 7.09. The van der Waals surface area contributed by atoms with E-state index >= 15 is 0 Å². The largest absolute Gasteiger partial charge is 0.310 e. The van der Waals surface area contributed by atoms with Gasteiger partial charge in [0.1, 0.15) is 0 Å². The Balaban J connectivity index is 0.000000371. The van der Waals surface area contributed by atoms with Gasteiger partial charge in [0.2, 0.25) is 0 Å². The number of likely N-dealkylation sites (tertiary alicyclic amines) is 1. The summed E-state index contributed by atoms with van der Waals surface area (Å²) in [5, 5.41) is 8.36. The van der Waals surface area contributed by atoms with Crippen LogP contribution in [-0.2, 0) is 0 Å². The molecule has 2 nitrogen and oxygen atoms in total. The van der Waals surface area contributed by atoms with Gasteiger partial charge in [-0.3, -0.25) is 0 Å². The van der Waals surface area contributed by atoms with Crippen molar-refractivity contribution in [3.63, 3.8) is 0 Å². The Kier molecular flexibility index (Phi) is 4.74. The average molecular weight is 140 g/mol. The molecule has 10 heavy (non-hydrogen) atoms. The molecule has 0 aliphatic carbocycles. The lowest BCUT2D eigenvalue weighted by atomic mass is 10.2. The molecule has 0 saturated carbocycles. The monoisotopic (exact) mass is 140 g/mol. The molecule has 1 saturated heterocycles. The molecule has 0 radical (unpaired) electrons. The Morgan fingerprint density at radius 3 is 2.30 bits per heavy atom. The van der Waals surface area contributed by atoms with Crippen molar-refractivity contribution in [2.24, 2.45) is 5.92 Å². The lowest BCUT2D eigenvalue weighted by Gasteiger charge is -2.02. The Hall–Kier alpha value is -0.710. The van der Waals surface area contributed by atoms with Gasteiger partial charge in [0.15, 0.2) is 6.19 Å². The van der Waals surface area contributed by atoms with Crippen molar-refractivity contribution in [3.05, 3.63) is 0 Å². The molecule has 0 aromatic rings. The summed E-state index contributed by atoms with van der Waals surface area (Å²) >= 11 is 0. The van der Waals surface area contributed by atoms with Crippen LogP contribution < -0.4 is 0 Å². The fraction of sp³-hybridized carbons (Fsp3) is 0.875. The van der Waals surface area contributed by atoms with Crippen molar-refractivity contribution in [3.8, 4) is 6.19 Å². The molecule has 0 spiro atoms. The van der Waals surface area contributed by atoms with E-state index in [1.54, 1.807) is 0 Å². The predicted molar refractivity (Wildman–Crippen MR) is 42.3 cm³/mol. The van der Waals surface area contributed by atoms with Gasteiger partial charge in [0.25, 0.3) is 0 Å². The Labute approximate surface area is 63.4 Å². The molecule has 1 rings (SSSR count). The van der Waals surface area contributed by atoms with Crippen molar-refractivity contribution in [1.82, 2.24) is 4.90 Å². The quantitative estimate of drug-likeness (QED) is 0.480. The van der Waals surface area contributed by atoms with Gasteiger partial charge >= 0.3 is 0 Å². The maximum Gasteiger partial charge on any atom is 0.179 e. The van der Waals surface area contributed by atoms with Gasteiger partial charge in [-0.1, -0.05) is 20.8 Å². The minimum atomic E-state index is 0.731. The van der Waals surface area contributed by atoms with Gasteiger partial charge in [-0.05, 0) is 12.3 Å². The van der Waals surface area contributed by atoms with E-state index in [4.69, 9.17) is 5.26 Å². The van der Waals surface area contributed by atoms with Gasteiger partial charge < -0.3 is 4.90 Å². The van der Waals surface area contributed by atoms with Crippen LogP contribution >= 0.6 is 0 Å². The summed E-state index contributed by atoms with van der Waals surface area (Å²) < 4.78 is 0. The first kappa shape index (κ1) is 9.29. The number of nitriles is 1. The lowest BCUT2D eigenvalue weighted by molar-refractivity contribution is 0.465. The molecular weight excluding hydrogens is 124 g/mol. The second-order valence-corrected chi connectivity index (χ2v) is 2.44. The van der Waals surface area contributed by atoms with Gasteiger partial charge in [-0.2, -0.15) is 5.26 Å². The molecule has 0 bridgehead atoms. The Morgan fingerprint density at radius 2 is 2.10 bits per heavy atom. The first-order valence-corrected chi connectivity index (χ1v) is 3.97. The third-order valence-corrected chi connectivity index (χ3v) is 1.57. The third kappa shape index (κ3) is 2.72. The molecule has 0 N–H and O–H groups in total. The molecule has 1 unspecified atom stereocenters. The van der Waals surface area contributed by atoms with E-state index in [2.05, 4.69) is 13.1 Å². The highest BCUT2D eigenvalue weighted by molar-refractivity contribution is 4.81. The molecule has 1 aliphatic heterocycles. The molecule has 0 aromatic heterocycles. The molecule has 1 fully saturated rings. The molecule has 0 amide bonds. The van der Waals surface area contributed by atoms with E-state index in [0.717, 1.165) is 19.0 Å². The van der Waals surface area contributed by atoms with Gasteiger partial charge in [-0.25, -0.2) is 0 Å². The summed E-state index contributed by atoms with van der Waals surface area (Å²) in [4.78, 5) is 1.81. The maximum atomic E-state index is 8.36. The highest BCUT2D eigenvalue weighted by Crippen LogP contribution is 2.12. The third-order valence-electron chi connectivity index (χ3n) is 1.57. The van der Waals surface area contributed by atoms with Crippen LogP contribution in [0.1, 0.15) is 27.2 Å². The van der Waals surface area contributed by atoms with Crippen LogP contribution in [0.4, 0.5) is 0 Å². The minimum Gasteiger partial charge on any atom is -0.310 e. The highest BCUT2D eigenvalue weighted by atomic mass is 15.1. The predicted octanol–water partition coefficient (Wildman–Crippen LogP) is 1.84. The fourth-order valence-corrected chi connectivity index (χ4v) is 1.03. The Bertz CT molecular complexity index is 115. The summed E-state index contributed by atoms with van der Waals surface area (Å²) in [6, 6.07) is 0. The zero-order chi connectivity index (χ0) is 7.98. The normalized spacial score (nSPS) is 23.0. The van der Waals surface area contributed by atoms with E-state index in [-0.39, 0.29) is 0 Å². The molecule has 1 heterocycles. The Morgan fingerprint density at radius 1 is 1.50 bits per heavy atom. The van der Waals surface area contributed by atoms with Gasteiger partial charge in [-0.15, -0.1) is 0 Å². The van der Waals surface area contributed by atoms with Crippen LogP contribution in [0, 0.1) is 17.4 Å². The number of nitrogens with zero attached hydrogens (tertiary/aromatic N) is 2. The first-order valence-electron chi connectivity index (χ1n) is 3.97. The molecule has 1 atom stereocenters. The van der Waals surface area contributed by atoms with E-state index in [9.17, 15) is 0 Å². The fourth-order valence-electron chi connectivity index (χ4n) is 1.03. The van der Waals surface area contributed by atoms with Crippen LogP contribution in [0.3, 0.4) is 0 Å². The van der Waals surface area contributed by atoms with Crippen molar-refractivity contribution >= 4 is 0 Å². The maximum absolute atomic E-state index is 8.36. The molecule has 58 valence electrons. The standard InChI is InChI=1S/C6H10N2.C2H6/c1-6-2-3-8(4-6)5-7;1-2/h6H,2-4H2,1H3;1-2H3. The number of hydrogen-bond donors (Lipinski definition) is 0. The van der Waals surface area contributed by atoms with E-state index in [1.807, 2.05) is 18.7 Å². The van der Waals surface area contributed by atoms with Crippen molar-refractivity contribution in [2.45, 2.75) is 27.2 Å². The van der Waals surface area contributed by atoms with Crippen molar-refractivity contribution < 1.29 is 0 Å². The topological polar surface area (TPSA) is 27.0 Å². The summed E-state index contributed by atoms with van der Waals surface area (Å²) in [5.74, 6) is 0.731. The second-order valence-electron chi connectivity index (χ2n) is 2.44. The van der Waals surface area contributed by atoms with Crippen LogP contribution in [0.25, 0.3) is 0 Å². The van der Waals surface area contributed by atoms with Crippen molar-refractivity contribution in [1.29, 1.82) is 5.26 Å². The van der Waals surface area contributed by atoms with Crippen molar-refractivity contribution in [2.75, 3.05) is 13.1 Å². The van der Waals surface area contributed by atoms with Crippen LogP contribution in [0.5, 0.6) is 0 Å². The van der Waals surface area contributed by atoms with Crippen LogP contribution in [-0.4, -0.2) is 18.0 Å². The van der Waals surface area contributed by atoms with E-state index < -0.39 is 0 Å². The van der Waals surface area contributed by atoms with E-state index in [1.165, 1.54) is 6.42 Å². The zero-order valence-electron chi connectivity index (χ0n) is 7.09. The number of hydrogen-bond acceptors (Lipinski definition) is 2. The van der Waals surface area contributed by atoms with Crippen LogP contribution in [0.15, 0.2) is 0 Å². The molecule has 2 heteroatoms. The smallest absolute Gasteiger partial charge is 0.179 e. The lowest BCUT2D eigenvalue weighted by Crippen LogP contribution is -2.12. The molecule has 0 aromatic carbocycles. The molecule has 1 aliphatic rings. The number of rotatable bonds is 0. The minimum absolute atomic E-state index is 0.731. The summed E-state index contributed by atoms with van der Waals surface area (Å²) in [7, 11) is 0. The van der Waals surface area contributed by atoms with Gasteiger partial charge in [0, 0.05) is 13.1 Å². The second kappa shape index (κ2) is 5.10. The SMILES string of the molecule is CC.CC1CCN(C#N)C1. The summed E-state index contributed by atoms with van der Waals surface area (Å²) in [5.41, 5.74) is 0.